The van der Waals surface area contributed by atoms with Crippen molar-refractivity contribution in [3.05, 3.63) is 71.3 Å². The van der Waals surface area contributed by atoms with Crippen molar-refractivity contribution in [1.29, 1.82) is 0 Å². The minimum atomic E-state index is -0.676. The first kappa shape index (κ1) is 11.5. The zero-order chi connectivity index (χ0) is 12.8. The van der Waals surface area contributed by atoms with Crippen molar-refractivity contribution in [2.75, 3.05) is 0 Å². The molecule has 1 aliphatic carbocycles. The van der Waals surface area contributed by atoms with E-state index >= 15 is 0 Å². The summed E-state index contributed by atoms with van der Waals surface area (Å²) in [5.41, 5.74) is 1.94. The first-order chi connectivity index (χ1) is 8.65. The Hall–Kier alpha value is -1.64. The number of rotatable bonds is 1. The van der Waals surface area contributed by atoms with Gasteiger partial charge in [-0.05, 0) is 23.6 Å². The third kappa shape index (κ3) is 1.36. The lowest BCUT2D eigenvalue weighted by Gasteiger charge is -2.32. The minimum absolute atomic E-state index is 0.675. The van der Waals surface area contributed by atoms with Crippen LogP contribution in [0, 0.1) is 0 Å². The number of hydrogen-bond donors (Lipinski definition) is 2. The van der Waals surface area contributed by atoms with Crippen LogP contribution in [0.4, 0.5) is 0 Å². The second-order valence-electron chi connectivity index (χ2n) is 5.08. The average Bonchev–Trinajstić information content (AvgIpc) is 2.64. The van der Waals surface area contributed by atoms with Gasteiger partial charge in [0.1, 0.15) is 0 Å². The second kappa shape index (κ2) is 3.94. The van der Waals surface area contributed by atoms with Crippen LogP contribution in [0.2, 0.25) is 0 Å². The maximum absolute atomic E-state index is 10.6. The Balaban J connectivity index is 2.16. The number of benzene rings is 2. The van der Waals surface area contributed by atoms with Crippen LogP contribution in [0.5, 0.6) is 0 Å². The highest BCUT2D eigenvalue weighted by molar-refractivity contribution is 5.46. The molecule has 0 unspecified atom stereocenters. The summed E-state index contributed by atoms with van der Waals surface area (Å²) in [5.74, 6) is 0. The molecule has 0 aromatic heterocycles. The molecule has 0 fully saturated rings. The SMILES string of the molecule is CC1(c2ccccc2)[C@@H](O)c2ccccc2[C@@H]1O. The monoisotopic (exact) mass is 240 g/mol. The van der Waals surface area contributed by atoms with E-state index in [1.165, 1.54) is 0 Å². The summed E-state index contributed by atoms with van der Waals surface area (Å²) in [6.07, 6.45) is -1.35. The van der Waals surface area contributed by atoms with Crippen LogP contribution in [0.1, 0.15) is 35.8 Å². The molecular formula is C16H16O2. The Kier molecular flexibility index (Phi) is 2.51. The highest BCUT2D eigenvalue weighted by atomic mass is 16.3. The zero-order valence-corrected chi connectivity index (χ0v) is 10.2. The largest absolute Gasteiger partial charge is 0.387 e. The fourth-order valence-corrected chi connectivity index (χ4v) is 2.92. The second-order valence-corrected chi connectivity index (χ2v) is 5.08. The van der Waals surface area contributed by atoms with Crippen LogP contribution in [-0.2, 0) is 5.41 Å². The molecule has 2 atom stereocenters. The van der Waals surface area contributed by atoms with Crippen LogP contribution in [0.15, 0.2) is 54.6 Å². The molecule has 0 bridgehead atoms. The van der Waals surface area contributed by atoms with Gasteiger partial charge in [0.25, 0.3) is 0 Å². The van der Waals surface area contributed by atoms with E-state index in [2.05, 4.69) is 0 Å². The van der Waals surface area contributed by atoms with Gasteiger partial charge >= 0.3 is 0 Å². The summed E-state index contributed by atoms with van der Waals surface area (Å²) in [6.45, 7) is 1.91. The topological polar surface area (TPSA) is 40.5 Å². The molecule has 18 heavy (non-hydrogen) atoms. The molecule has 2 aromatic rings. The summed E-state index contributed by atoms with van der Waals surface area (Å²) >= 11 is 0. The molecule has 2 heteroatoms. The van der Waals surface area contributed by atoms with Gasteiger partial charge in [-0.1, -0.05) is 54.6 Å². The standard InChI is InChI=1S/C16H16O2/c1-16(11-7-3-2-4-8-11)14(17)12-9-5-6-10-13(12)15(16)18/h2-10,14-15,17-18H,1H3/t14-,15-/m0/s1. The van der Waals surface area contributed by atoms with Gasteiger partial charge in [0.05, 0.1) is 17.6 Å². The van der Waals surface area contributed by atoms with E-state index in [9.17, 15) is 10.2 Å². The van der Waals surface area contributed by atoms with E-state index in [0.717, 1.165) is 16.7 Å². The molecule has 0 radical (unpaired) electrons. The van der Waals surface area contributed by atoms with Gasteiger partial charge in [-0.2, -0.15) is 0 Å². The average molecular weight is 240 g/mol. The van der Waals surface area contributed by atoms with Crippen molar-refractivity contribution in [2.45, 2.75) is 24.5 Å². The molecule has 2 aromatic carbocycles. The molecule has 0 saturated carbocycles. The molecule has 2 N–H and O–H groups in total. The minimum Gasteiger partial charge on any atom is -0.387 e. The number of fused-ring (bicyclic) bond motifs is 1. The van der Waals surface area contributed by atoms with E-state index in [4.69, 9.17) is 0 Å². The third-order valence-electron chi connectivity index (χ3n) is 4.12. The lowest BCUT2D eigenvalue weighted by molar-refractivity contribution is 0.0147. The number of hydrogen-bond acceptors (Lipinski definition) is 2. The maximum Gasteiger partial charge on any atom is 0.0915 e. The van der Waals surface area contributed by atoms with Gasteiger partial charge in [-0.25, -0.2) is 0 Å². The zero-order valence-electron chi connectivity index (χ0n) is 10.2. The van der Waals surface area contributed by atoms with Crippen molar-refractivity contribution in [3.63, 3.8) is 0 Å². The molecule has 0 heterocycles. The fraction of sp³-hybridized carbons (Fsp3) is 0.250. The first-order valence-electron chi connectivity index (χ1n) is 6.16. The molecule has 2 nitrogen and oxygen atoms in total. The van der Waals surface area contributed by atoms with E-state index in [-0.39, 0.29) is 0 Å². The van der Waals surface area contributed by atoms with Crippen molar-refractivity contribution >= 4 is 0 Å². The van der Waals surface area contributed by atoms with E-state index in [0.29, 0.717) is 0 Å². The Morgan fingerprint density at radius 1 is 0.778 bits per heavy atom. The van der Waals surface area contributed by atoms with Crippen LogP contribution in [-0.4, -0.2) is 10.2 Å². The summed E-state index contributed by atoms with van der Waals surface area (Å²) in [4.78, 5) is 0. The van der Waals surface area contributed by atoms with Gasteiger partial charge in [0.2, 0.25) is 0 Å². The Bertz CT molecular complexity index is 533. The summed E-state index contributed by atoms with van der Waals surface area (Å²) in [7, 11) is 0. The molecule has 92 valence electrons. The molecule has 3 rings (SSSR count). The van der Waals surface area contributed by atoms with Crippen LogP contribution in [0.25, 0.3) is 0 Å². The molecule has 0 aliphatic heterocycles. The number of aliphatic hydroxyl groups is 2. The van der Waals surface area contributed by atoms with Gasteiger partial charge in [0.15, 0.2) is 0 Å². The van der Waals surface area contributed by atoms with E-state index < -0.39 is 17.6 Å². The Labute approximate surface area is 107 Å². The first-order valence-corrected chi connectivity index (χ1v) is 6.16. The number of aliphatic hydroxyl groups excluding tert-OH is 2. The maximum atomic E-state index is 10.6. The van der Waals surface area contributed by atoms with E-state index in [1.54, 1.807) is 0 Å². The molecule has 0 amide bonds. The predicted molar refractivity (Wildman–Crippen MR) is 70.2 cm³/mol. The van der Waals surface area contributed by atoms with Crippen molar-refractivity contribution < 1.29 is 10.2 Å². The third-order valence-corrected chi connectivity index (χ3v) is 4.12. The van der Waals surface area contributed by atoms with E-state index in [1.807, 2.05) is 61.5 Å². The Morgan fingerprint density at radius 2 is 1.22 bits per heavy atom. The summed E-state index contributed by atoms with van der Waals surface area (Å²) in [6, 6.07) is 17.3. The normalized spacial score (nSPS) is 24.8. The lowest BCUT2D eigenvalue weighted by Crippen LogP contribution is -2.31. The highest BCUT2D eigenvalue weighted by Crippen LogP contribution is 2.53. The van der Waals surface area contributed by atoms with Crippen molar-refractivity contribution in [3.8, 4) is 0 Å². The van der Waals surface area contributed by atoms with Gasteiger partial charge < -0.3 is 10.2 Å². The molecule has 0 saturated heterocycles. The molecule has 1 aliphatic rings. The Morgan fingerprint density at radius 3 is 1.72 bits per heavy atom. The van der Waals surface area contributed by atoms with Crippen LogP contribution in [0.3, 0.4) is 0 Å². The van der Waals surface area contributed by atoms with Crippen molar-refractivity contribution in [2.24, 2.45) is 0 Å². The van der Waals surface area contributed by atoms with Gasteiger partial charge in [-0.15, -0.1) is 0 Å². The highest BCUT2D eigenvalue weighted by Gasteiger charge is 2.49. The summed E-state index contributed by atoms with van der Waals surface area (Å²) < 4.78 is 0. The quantitative estimate of drug-likeness (QED) is 0.804. The van der Waals surface area contributed by atoms with Gasteiger partial charge in [0, 0.05) is 0 Å². The van der Waals surface area contributed by atoms with Crippen LogP contribution >= 0.6 is 0 Å². The summed E-state index contributed by atoms with van der Waals surface area (Å²) in [5, 5.41) is 21.1. The smallest absolute Gasteiger partial charge is 0.0915 e. The van der Waals surface area contributed by atoms with Crippen molar-refractivity contribution in [1.82, 2.24) is 0 Å². The molecule has 0 spiro atoms. The predicted octanol–water partition coefficient (Wildman–Crippen LogP) is 2.72. The lowest BCUT2D eigenvalue weighted by atomic mass is 9.76. The van der Waals surface area contributed by atoms with Gasteiger partial charge in [-0.3, -0.25) is 0 Å². The molecular weight excluding hydrogens is 224 g/mol. The fourth-order valence-electron chi connectivity index (χ4n) is 2.92. The van der Waals surface area contributed by atoms with Crippen LogP contribution < -0.4 is 0 Å².